The quantitative estimate of drug-likeness (QED) is 0.721. The molecule has 0 spiro atoms. The molecule has 2 aliphatic rings. The Kier molecular flexibility index (Phi) is 7.87. The molecule has 1 aromatic rings. The van der Waals surface area contributed by atoms with Crippen LogP contribution in [-0.2, 0) is 4.79 Å². The molecule has 0 saturated carbocycles. The molecule has 0 bridgehead atoms. The van der Waals surface area contributed by atoms with E-state index in [0.29, 0.717) is 32.0 Å². The molecule has 1 N–H and O–H groups in total. The van der Waals surface area contributed by atoms with Gasteiger partial charge in [0.1, 0.15) is 11.6 Å². The van der Waals surface area contributed by atoms with Gasteiger partial charge >= 0.3 is 6.03 Å². The topological polar surface area (TPSA) is 81.7 Å². The smallest absolute Gasteiger partial charge is 0.317 e. The second-order valence-electron chi connectivity index (χ2n) is 8.63. The van der Waals surface area contributed by atoms with Gasteiger partial charge in [0, 0.05) is 69.9 Å². The van der Waals surface area contributed by atoms with Crippen LogP contribution in [0.15, 0.2) is 6.07 Å². The zero-order chi connectivity index (χ0) is 21.5. The standard InChI is InChI=1S/C22H36N6O2/c1-17(2)21-24-18(3)16-19(25-21)26-12-14-28(15-13-26)22(30)23-9-7-11-27-10-6-4-5-8-20(27)29/h16-17H,4-15H2,1-3H3,(H,23,30). The first kappa shape index (κ1) is 22.3. The lowest BCUT2D eigenvalue weighted by Crippen LogP contribution is -2.52. The number of hydrogen-bond donors (Lipinski definition) is 1. The number of carbonyl (C=O) groups excluding carboxylic acids is 2. The van der Waals surface area contributed by atoms with Crippen molar-refractivity contribution in [2.75, 3.05) is 50.7 Å². The molecule has 8 nitrogen and oxygen atoms in total. The van der Waals surface area contributed by atoms with E-state index in [2.05, 4.69) is 29.0 Å². The molecular formula is C22H36N6O2. The highest BCUT2D eigenvalue weighted by Crippen LogP contribution is 2.18. The molecule has 0 aliphatic carbocycles. The molecule has 2 aliphatic heterocycles. The van der Waals surface area contributed by atoms with Gasteiger partial charge in [0.25, 0.3) is 0 Å². The predicted molar refractivity (Wildman–Crippen MR) is 118 cm³/mol. The fraction of sp³-hybridized carbons (Fsp3) is 0.727. The maximum Gasteiger partial charge on any atom is 0.317 e. The van der Waals surface area contributed by atoms with Gasteiger partial charge in [0.2, 0.25) is 5.91 Å². The first-order valence-electron chi connectivity index (χ1n) is 11.3. The van der Waals surface area contributed by atoms with Gasteiger partial charge in [-0.1, -0.05) is 20.3 Å². The second-order valence-corrected chi connectivity index (χ2v) is 8.63. The summed E-state index contributed by atoms with van der Waals surface area (Å²) in [6.07, 6.45) is 4.70. The Balaban J connectivity index is 1.40. The van der Waals surface area contributed by atoms with Crippen LogP contribution < -0.4 is 10.2 Å². The van der Waals surface area contributed by atoms with Gasteiger partial charge in [-0.15, -0.1) is 0 Å². The molecule has 0 radical (unpaired) electrons. The van der Waals surface area contributed by atoms with E-state index < -0.39 is 0 Å². The number of rotatable bonds is 6. The summed E-state index contributed by atoms with van der Waals surface area (Å²) in [5, 5.41) is 3.02. The molecule has 3 amide bonds. The van der Waals surface area contributed by atoms with Crippen LogP contribution in [0.4, 0.5) is 10.6 Å². The molecule has 0 aromatic carbocycles. The van der Waals surface area contributed by atoms with Gasteiger partial charge in [-0.2, -0.15) is 0 Å². The Morgan fingerprint density at radius 3 is 2.60 bits per heavy atom. The van der Waals surface area contributed by atoms with Crippen LogP contribution in [0.3, 0.4) is 0 Å². The zero-order valence-corrected chi connectivity index (χ0v) is 18.7. The minimum atomic E-state index is -0.0152. The van der Waals surface area contributed by atoms with Crippen LogP contribution in [0.1, 0.15) is 63.4 Å². The normalized spacial score (nSPS) is 18.0. The van der Waals surface area contributed by atoms with Crippen molar-refractivity contribution >= 4 is 17.8 Å². The van der Waals surface area contributed by atoms with Gasteiger partial charge in [-0.25, -0.2) is 14.8 Å². The first-order valence-corrected chi connectivity index (χ1v) is 11.3. The van der Waals surface area contributed by atoms with Crippen LogP contribution in [0, 0.1) is 6.92 Å². The van der Waals surface area contributed by atoms with Gasteiger partial charge in [-0.3, -0.25) is 4.79 Å². The van der Waals surface area contributed by atoms with E-state index in [4.69, 9.17) is 4.98 Å². The number of carbonyl (C=O) groups is 2. The fourth-order valence-corrected chi connectivity index (χ4v) is 3.99. The predicted octanol–water partition coefficient (Wildman–Crippen LogP) is 2.53. The fourth-order valence-electron chi connectivity index (χ4n) is 3.99. The number of nitrogens with zero attached hydrogens (tertiary/aromatic N) is 5. The van der Waals surface area contributed by atoms with Crippen LogP contribution in [0.5, 0.6) is 0 Å². The van der Waals surface area contributed by atoms with Crippen molar-refractivity contribution in [3.8, 4) is 0 Å². The monoisotopic (exact) mass is 416 g/mol. The van der Waals surface area contributed by atoms with Crippen molar-refractivity contribution in [1.29, 1.82) is 0 Å². The van der Waals surface area contributed by atoms with Crippen LogP contribution in [0.25, 0.3) is 0 Å². The average Bonchev–Trinajstić information content (AvgIpc) is 2.94. The summed E-state index contributed by atoms with van der Waals surface area (Å²) in [6, 6.07) is 2.00. The van der Waals surface area contributed by atoms with E-state index in [1.54, 1.807) is 0 Å². The number of likely N-dealkylation sites (tertiary alicyclic amines) is 1. The van der Waals surface area contributed by atoms with E-state index in [0.717, 1.165) is 69.2 Å². The third-order valence-electron chi connectivity index (χ3n) is 5.82. The molecule has 0 atom stereocenters. The zero-order valence-electron chi connectivity index (χ0n) is 18.7. The summed E-state index contributed by atoms with van der Waals surface area (Å²) < 4.78 is 0. The Labute approximate surface area is 180 Å². The average molecular weight is 417 g/mol. The van der Waals surface area contributed by atoms with Crippen molar-refractivity contribution in [3.63, 3.8) is 0 Å². The molecular weight excluding hydrogens is 380 g/mol. The van der Waals surface area contributed by atoms with E-state index in [1.165, 1.54) is 0 Å². The second kappa shape index (κ2) is 10.6. The molecule has 0 unspecified atom stereocenters. The molecule has 2 saturated heterocycles. The number of urea groups is 1. The molecule has 2 fully saturated rings. The Bertz CT molecular complexity index is 730. The van der Waals surface area contributed by atoms with Crippen molar-refractivity contribution in [1.82, 2.24) is 25.1 Å². The lowest BCUT2D eigenvalue weighted by molar-refractivity contribution is -0.130. The van der Waals surface area contributed by atoms with E-state index in [1.807, 2.05) is 22.8 Å². The lowest BCUT2D eigenvalue weighted by atomic mass is 10.2. The van der Waals surface area contributed by atoms with Crippen molar-refractivity contribution in [3.05, 3.63) is 17.6 Å². The number of nitrogens with one attached hydrogen (secondary N) is 1. The largest absolute Gasteiger partial charge is 0.353 e. The molecule has 3 heterocycles. The van der Waals surface area contributed by atoms with E-state index >= 15 is 0 Å². The summed E-state index contributed by atoms with van der Waals surface area (Å²) >= 11 is 0. The van der Waals surface area contributed by atoms with Crippen LogP contribution in [0.2, 0.25) is 0 Å². The number of aromatic nitrogens is 2. The van der Waals surface area contributed by atoms with Crippen molar-refractivity contribution in [2.24, 2.45) is 0 Å². The third-order valence-corrected chi connectivity index (χ3v) is 5.82. The summed E-state index contributed by atoms with van der Waals surface area (Å²) in [4.78, 5) is 39.8. The SMILES string of the molecule is Cc1cc(N2CCN(C(=O)NCCCN3CCCCCC3=O)CC2)nc(C(C)C)n1. The molecule has 30 heavy (non-hydrogen) atoms. The highest BCUT2D eigenvalue weighted by molar-refractivity contribution is 5.76. The molecule has 8 heteroatoms. The summed E-state index contributed by atoms with van der Waals surface area (Å²) in [5.74, 6) is 2.37. The molecule has 3 rings (SSSR count). The van der Waals surface area contributed by atoms with Crippen molar-refractivity contribution < 1.29 is 9.59 Å². The van der Waals surface area contributed by atoms with Crippen LogP contribution >= 0.6 is 0 Å². The lowest BCUT2D eigenvalue weighted by Gasteiger charge is -2.35. The van der Waals surface area contributed by atoms with Gasteiger partial charge < -0.3 is 20.0 Å². The van der Waals surface area contributed by atoms with E-state index in [9.17, 15) is 9.59 Å². The highest BCUT2D eigenvalue weighted by atomic mass is 16.2. The van der Waals surface area contributed by atoms with Gasteiger partial charge in [0.15, 0.2) is 0 Å². The Hall–Kier alpha value is -2.38. The number of piperazine rings is 1. The summed E-state index contributed by atoms with van der Waals surface area (Å²) in [5.41, 5.74) is 0.978. The van der Waals surface area contributed by atoms with Gasteiger partial charge in [-0.05, 0) is 26.2 Å². The number of aryl methyl sites for hydroxylation is 1. The molecule has 166 valence electrons. The maximum absolute atomic E-state index is 12.5. The third kappa shape index (κ3) is 6.06. The number of anilines is 1. The number of amides is 3. The minimum Gasteiger partial charge on any atom is -0.353 e. The Morgan fingerprint density at radius 1 is 1.10 bits per heavy atom. The summed E-state index contributed by atoms with van der Waals surface area (Å²) in [7, 11) is 0. The van der Waals surface area contributed by atoms with Crippen LogP contribution in [-0.4, -0.2) is 77.5 Å². The minimum absolute atomic E-state index is 0.0152. The highest BCUT2D eigenvalue weighted by Gasteiger charge is 2.23. The van der Waals surface area contributed by atoms with E-state index in [-0.39, 0.29) is 11.9 Å². The van der Waals surface area contributed by atoms with Crippen molar-refractivity contribution in [2.45, 2.75) is 58.8 Å². The molecule has 1 aromatic heterocycles. The maximum atomic E-state index is 12.5. The number of hydrogen-bond acceptors (Lipinski definition) is 5. The summed E-state index contributed by atoms with van der Waals surface area (Å²) in [6.45, 7) is 11.3. The Morgan fingerprint density at radius 2 is 1.87 bits per heavy atom. The first-order chi connectivity index (χ1) is 14.4. The van der Waals surface area contributed by atoms with Gasteiger partial charge in [0.05, 0.1) is 0 Å².